The molecule has 1 unspecified atom stereocenters. The van der Waals surface area contributed by atoms with E-state index < -0.39 is 0 Å². The Balaban J connectivity index is 2.07. The summed E-state index contributed by atoms with van der Waals surface area (Å²) in [4.78, 5) is 13.5. The van der Waals surface area contributed by atoms with Crippen molar-refractivity contribution in [1.29, 1.82) is 0 Å². The van der Waals surface area contributed by atoms with Gasteiger partial charge in [0.15, 0.2) is 0 Å². The summed E-state index contributed by atoms with van der Waals surface area (Å²) < 4.78 is 0. The van der Waals surface area contributed by atoms with Gasteiger partial charge in [-0.15, -0.1) is 0 Å². The average molecular weight is 264 g/mol. The first kappa shape index (κ1) is 12.5. The maximum Gasteiger partial charge on any atom is 0.321 e. The van der Waals surface area contributed by atoms with Gasteiger partial charge in [-0.25, -0.2) is 4.79 Å². The molecule has 0 saturated carbocycles. The van der Waals surface area contributed by atoms with Crippen molar-refractivity contribution in [3.8, 4) is 0 Å². The Morgan fingerprint density at radius 2 is 1.55 bits per heavy atom. The molecule has 0 saturated heterocycles. The van der Waals surface area contributed by atoms with Gasteiger partial charge in [0.2, 0.25) is 0 Å². The summed E-state index contributed by atoms with van der Waals surface area (Å²) in [7, 11) is 1.76. The summed E-state index contributed by atoms with van der Waals surface area (Å²) >= 11 is 0. The number of amides is 2. The smallest absolute Gasteiger partial charge is 0.321 e. The number of nitrogens with one attached hydrogen (secondary N) is 1. The summed E-state index contributed by atoms with van der Waals surface area (Å²) in [6.45, 7) is 0. The van der Waals surface area contributed by atoms with E-state index in [1.165, 1.54) is 0 Å². The van der Waals surface area contributed by atoms with Gasteiger partial charge in [0.05, 0.1) is 6.04 Å². The summed E-state index contributed by atoms with van der Waals surface area (Å²) in [6, 6.07) is 20.0. The molecule has 2 aromatic rings. The number of benzene rings is 2. The van der Waals surface area contributed by atoms with Gasteiger partial charge in [-0.05, 0) is 11.1 Å². The summed E-state index contributed by atoms with van der Waals surface area (Å²) in [5, 5.41) is 3.05. The standard InChI is InChI=1S/C17H16N2O/c1-19-12-15(13-8-4-2-5-9-13)16(18-17(19)20)14-10-6-3-7-11-14/h2-12,16H,1H3,(H,18,20). The van der Waals surface area contributed by atoms with E-state index in [4.69, 9.17) is 0 Å². The highest BCUT2D eigenvalue weighted by Crippen LogP contribution is 2.32. The van der Waals surface area contributed by atoms with Gasteiger partial charge >= 0.3 is 6.03 Å². The number of carbonyl (C=O) groups is 1. The van der Waals surface area contributed by atoms with Crippen molar-refractivity contribution >= 4 is 11.6 Å². The van der Waals surface area contributed by atoms with E-state index >= 15 is 0 Å². The minimum Gasteiger partial charge on any atom is -0.327 e. The van der Waals surface area contributed by atoms with Crippen LogP contribution in [-0.4, -0.2) is 18.0 Å². The van der Waals surface area contributed by atoms with Crippen LogP contribution in [0.25, 0.3) is 5.57 Å². The Labute approximate surface area is 118 Å². The molecule has 1 aliphatic heterocycles. The molecule has 100 valence electrons. The zero-order chi connectivity index (χ0) is 13.9. The molecular formula is C17H16N2O. The predicted molar refractivity (Wildman–Crippen MR) is 79.9 cm³/mol. The van der Waals surface area contributed by atoms with Crippen LogP contribution in [0.15, 0.2) is 66.9 Å². The van der Waals surface area contributed by atoms with E-state index in [1.54, 1.807) is 11.9 Å². The third kappa shape index (κ3) is 2.30. The molecule has 0 radical (unpaired) electrons. The van der Waals surface area contributed by atoms with Crippen LogP contribution in [0.4, 0.5) is 4.79 Å². The van der Waals surface area contributed by atoms with Gasteiger partial charge in [-0.3, -0.25) is 0 Å². The van der Waals surface area contributed by atoms with Gasteiger partial charge in [0.25, 0.3) is 0 Å². The highest BCUT2D eigenvalue weighted by molar-refractivity contribution is 5.85. The molecule has 1 heterocycles. The molecule has 1 atom stereocenters. The van der Waals surface area contributed by atoms with Crippen LogP contribution in [-0.2, 0) is 0 Å². The SMILES string of the molecule is CN1C=C(c2ccccc2)C(c2ccccc2)NC1=O. The second-order valence-corrected chi connectivity index (χ2v) is 4.85. The number of urea groups is 1. The lowest BCUT2D eigenvalue weighted by molar-refractivity contribution is 0.218. The quantitative estimate of drug-likeness (QED) is 0.885. The molecule has 0 bridgehead atoms. The molecule has 3 nitrogen and oxygen atoms in total. The molecule has 2 aromatic carbocycles. The zero-order valence-corrected chi connectivity index (χ0v) is 11.3. The Kier molecular flexibility index (Phi) is 3.25. The Bertz CT molecular complexity index is 635. The predicted octanol–water partition coefficient (Wildman–Crippen LogP) is 3.42. The fraction of sp³-hybridized carbons (Fsp3) is 0.118. The molecule has 1 N–H and O–H groups in total. The lowest BCUT2D eigenvalue weighted by Crippen LogP contribution is -2.41. The third-order valence-corrected chi connectivity index (χ3v) is 3.47. The van der Waals surface area contributed by atoms with Crippen molar-refractivity contribution < 1.29 is 4.79 Å². The van der Waals surface area contributed by atoms with Crippen LogP contribution in [0.2, 0.25) is 0 Å². The Hall–Kier alpha value is -2.55. The molecule has 0 aliphatic carbocycles. The first-order valence-corrected chi connectivity index (χ1v) is 6.61. The van der Waals surface area contributed by atoms with Gasteiger partial charge in [0.1, 0.15) is 0 Å². The molecule has 3 heteroatoms. The van der Waals surface area contributed by atoms with Crippen molar-refractivity contribution in [2.45, 2.75) is 6.04 Å². The fourth-order valence-corrected chi connectivity index (χ4v) is 2.43. The first-order chi connectivity index (χ1) is 9.75. The van der Waals surface area contributed by atoms with E-state index in [1.807, 2.05) is 54.7 Å². The lowest BCUT2D eigenvalue weighted by Gasteiger charge is -2.30. The van der Waals surface area contributed by atoms with Crippen molar-refractivity contribution in [1.82, 2.24) is 10.2 Å². The van der Waals surface area contributed by atoms with Crippen LogP contribution in [0.3, 0.4) is 0 Å². The minimum atomic E-state index is -0.109. The summed E-state index contributed by atoms with van der Waals surface area (Å²) in [6.07, 6.45) is 1.91. The maximum absolute atomic E-state index is 11.9. The van der Waals surface area contributed by atoms with Gasteiger partial charge in [-0.2, -0.15) is 0 Å². The maximum atomic E-state index is 11.9. The number of hydrogen-bond donors (Lipinski definition) is 1. The van der Waals surface area contributed by atoms with Crippen molar-refractivity contribution in [2.75, 3.05) is 7.05 Å². The van der Waals surface area contributed by atoms with Crippen LogP contribution in [0.5, 0.6) is 0 Å². The molecule has 0 spiro atoms. The Morgan fingerprint density at radius 1 is 0.950 bits per heavy atom. The second-order valence-electron chi connectivity index (χ2n) is 4.85. The normalized spacial score (nSPS) is 18.4. The fourth-order valence-electron chi connectivity index (χ4n) is 2.43. The van der Waals surface area contributed by atoms with E-state index in [2.05, 4.69) is 17.4 Å². The van der Waals surface area contributed by atoms with E-state index in [0.29, 0.717) is 0 Å². The molecule has 0 aromatic heterocycles. The van der Waals surface area contributed by atoms with Crippen LogP contribution < -0.4 is 5.32 Å². The molecule has 1 aliphatic rings. The average Bonchev–Trinajstić information content (AvgIpc) is 2.51. The number of hydrogen-bond acceptors (Lipinski definition) is 1. The van der Waals surface area contributed by atoms with E-state index in [0.717, 1.165) is 16.7 Å². The van der Waals surface area contributed by atoms with E-state index in [-0.39, 0.29) is 12.1 Å². The highest BCUT2D eigenvalue weighted by Gasteiger charge is 2.26. The monoisotopic (exact) mass is 264 g/mol. The first-order valence-electron chi connectivity index (χ1n) is 6.61. The molecule has 0 fully saturated rings. The van der Waals surface area contributed by atoms with Crippen molar-refractivity contribution in [3.05, 3.63) is 78.0 Å². The highest BCUT2D eigenvalue weighted by atomic mass is 16.2. The lowest BCUT2D eigenvalue weighted by atomic mass is 9.92. The minimum absolute atomic E-state index is 0.0847. The van der Waals surface area contributed by atoms with Crippen molar-refractivity contribution in [2.24, 2.45) is 0 Å². The molecular weight excluding hydrogens is 248 g/mol. The molecule has 20 heavy (non-hydrogen) atoms. The number of carbonyl (C=O) groups excluding carboxylic acids is 1. The molecule has 2 amide bonds. The number of rotatable bonds is 2. The zero-order valence-electron chi connectivity index (χ0n) is 11.3. The van der Waals surface area contributed by atoms with Gasteiger partial charge in [0, 0.05) is 18.8 Å². The van der Waals surface area contributed by atoms with Crippen LogP contribution in [0.1, 0.15) is 17.2 Å². The van der Waals surface area contributed by atoms with Gasteiger partial charge in [-0.1, -0.05) is 60.7 Å². The van der Waals surface area contributed by atoms with Crippen LogP contribution >= 0.6 is 0 Å². The van der Waals surface area contributed by atoms with Crippen LogP contribution in [0, 0.1) is 0 Å². The third-order valence-electron chi connectivity index (χ3n) is 3.47. The van der Waals surface area contributed by atoms with Gasteiger partial charge < -0.3 is 10.2 Å². The summed E-state index contributed by atoms with van der Waals surface area (Å²) in [5.74, 6) is 0. The number of nitrogens with zero attached hydrogens (tertiary/aromatic N) is 1. The van der Waals surface area contributed by atoms with E-state index in [9.17, 15) is 4.79 Å². The van der Waals surface area contributed by atoms with Crippen molar-refractivity contribution in [3.63, 3.8) is 0 Å². The summed E-state index contributed by atoms with van der Waals surface area (Å²) in [5.41, 5.74) is 3.30. The molecule has 3 rings (SSSR count). The topological polar surface area (TPSA) is 32.3 Å². The Morgan fingerprint density at radius 3 is 2.20 bits per heavy atom. The largest absolute Gasteiger partial charge is 0.327 e. The second kappa shape index (κ2) is 5.21.